The Morgan fingerprint density at radius 3 is 2.50 bits per heavy atom. The number of hydrogen-bond acceptors (Lipinski definition) is 1. The molecule has 0 aromatic heterocycles. The van der Waals surface area contributed by atoms with E-state index in [2.05, 4.69) is 22.9 Å². The molecular weight excluding hydrogens is 312 g/mol. The summed E-state index contributed by atoms with van der Waals surface area (Å²) in [5, 5.41) is 0.651. The maximum absolute atomic E-state index is 12.0. The van der Waals surface area contributed by atoms with Gasteiger partial charge in [0.05, 0.1) is 0 Å². The molecule has 100 valence electrons. The molecule has 1 nitrogen and oxygen atoms in total. The van der Waals surface area contributed by atoms with Crippen LogP contribution in [-0.4, -0.2) is 5.78 Å². The molecule has 0 spiro atoms. The second-order valence-corrected chi connectivity index (χ2v) is 5.86. The molecule has 0 aliphatic carbocycles. The Balaban J connectivity index is 2.32. The molecule has 1 rings (SSSR count). The monoisotopic (exact) mass is 330 g/mol. The van der Waals surface area contributed by atoms with E-state index < -0.39 is 0 Å². The van der Waals surface area contributed by atoms with Crippen LogP contribution in [0.15, 0.2) is 22.7 Å². The van der Waals surface area contributed by atoms with Gasteiger partial charge in [0.15, 0.2) is 5.78 Å². The van der Waals surface area contributed by atoms with E-state index >= 15 is 0 Å². The number of benzene rings is 1. The fourth-order valence-corrected chi connectivity index (χ4v) is 2.82. The standard InChI is InChI=1S/C15H20BrClO/c1-2-3-4-5-6-7-8-15(18)13-10-9-12(17)11-14(13)16/h9-11H,2-8H2,1H3. The Labute approximate surface area is 123 Å². The maximum Gasteiger partial charge on any atom is 0.164 e. The minimum absolute atomic E-state index is 0.203. The SMILES string of the molecule is CCCCCCCCC(=O)c1ccc(Cl)cc1Br. The van der Waals surface area contributed by atoms with Crippen LogP contribution in [0.3, 0.4) is 0 Å². The molecule has 0 atom stereocenters. The molecule has 0 radical (unpaired) electrons. The molecule has 3 heteroatoms. The maximum atomic E-state index is 12.0. The van der Waals surface area contributed by atoms with Gasteiger partial charge in [0.2, 0.25) is 0 Å². The first-order valence-electron chi connectivity index (χ1n) is 6.63. The summed E-state index contributed by atoms with van der Waals surface area (Å²) < 4.78 is 0.797. The van der Waals surface area contributed by atoms with Crippen molar-refractivity contribution in [1.29, 1.82) is 0 Å². The largest absolute Gasteiger partial charge is 0.294 e. The van der Waals surface area contributed by atoms with Gasteiger partial charge in [-0.3, -0.25) is 4.79 Å². The quantitative estimate of drug-likeness (QED) is 0.419. The van der Waals surface area contributed by atoms with Gasteiger partial charge < -0.3 is 0 Å². The second kappa shape index (κ2) is 8.71. The number of carbonyl (C=O) groups is 1. The summed E-state index contributed by atoms with van der Waals surface area (Å²) in [4.78, 5) is 12.0. The Morgan fingerprint density at radius 1 is 1.17 bits per heavy atom. The Bertz CT molecular complexity index is 390. The number of rotatable bonds is 8. The number of halogens is 2. The van der Waals surface area contributed by atoms with Crippen molar-refractivity contribution in [3.8, 4) is 0 Å². The molecule has 0 fully saturated rings. The van der Waals surface area contributed by atoms with Crippen molar-refractivity contribution < 1.29 is 4.79 Å². The zero-order valence-electron chi connectivity index (χ0n) is 10.8. The van der Waals surface area contributed by atoms with E-state index in [1.807, 2.05) is 0 Å². The highest BCUT2D eigenvalue weighted by Crippen LogP contribution is 2.23. The van der Waals surface area contributed by atoms with Crippen LogP contribution in [0.1, 0.15) is 62.2 Å². The van der Waals surface area contributed by atoms with Crippen molar-refractivity contribution in [3.05, 3.63) is 33.3 Å². The molecule has 0 N–H and O–H groups in total. The van der Waals surface area contributed by atoms with Crippen LogP contribution in [-0.2, 0) is 0 Å². The van der Waals surface area contributed by atoms with E-state index in [-0.39, 0.29) is 5.78 Å². The highest BCUT2D eigenvalue weighted by molar-refractivity contribution is 9.10. The zero-order valence-corrected chi connectivity index (χ0v) is 13.2. The van der Waals surface area contributed by atoms with Crippen molar-refractivity contribution in [2.45, 2.75) is 51.9 Å². The molecule has 0 aliphatic rings. The minimum Gasteiger partial charge on any atom is -0.294 e. The summed E-state index contributed by atoms with van der Waals surface area (Å²) in [5.74, 6) is 0.203. The third-order valence-electron chi connectivity index (χ3n) is 2.99. The number of Topliss-reactive ketones (excluding diaryl/α,β-unsaturated/α-hetero) is 1. The Kier molecular flexibility index (Phi) is 7.60. The third kappa shape index (κ3) is 5.53. The molecule has 18 heavy (non-hydrogen) atoms. The lowest BCUT2D eigenvalue weighted by atomic mass is 10.0. The van der Waals surface area contributed by atoms with E-state index in [0.717, 1.165) is 22.9 Å². The smallest absolute Gasteiger partial charge is 0.164 e. The lowest BCUT2D eigenvalue weighted by Gasteiger charge is -2.04. The Hall–Kier alpha value is -0.340. The van der Waals surface area contributed by atoms with E-state index in [0.29, 0.717) is 11.4 Å². The molecule has 0 aliphatic heterocycles. The summed E-state index contributed by atoms with van der Waals surface area (Å²) in [5.41, 5.74) is 0.743. The van der Waals surface area contributed by atoms with Gasteiger partial charge in [-0.15, -0.1) is 0 Å². The molecule has 0 saturated heterocycles. The topological polar surface area (TPSA) is 17.1 Å². The van der Waals surface area contributed by atoms with Crippen LogP contribution in [0.5, 0.6) is 0 Å². The molecule has 0 unspecified atom stereocenters. The lowest BCUT2D eigenvalue weighted by Crippen LogP contribution is -2.00. The number of unbranched alkanes of at least 4 members (excludes halogenated alkanes) is 5. The van der Waals surface area contributed by atoms with Crippen LogP contribution in [0.25, 0.3) is 0 Å². The predicted octanol–water partition coefficient (Wildman–Crippen LogP) is 6.04. The first kappa shape index (κ1) is 15.7. The van der Waals surface area contributed by atoms with E-state index in [9.17, 15) is 4.79 Å². The molecule has 0 amide bonds. The number of carbonyl (C=O) groups excluding carboxylic acids is 1. The zero-order chi connectivity index (χ0) is 13.4. The predicted molar refractivity (Wildman–Crippen MR) is 81.5 cm³/mol. The van der Waals surface area contributed by atoms with Gasteiger partial charge in [0.25, 0.3) is 0 Å². The van der Waals surface area contributed by atoms with Gasteiger partial charge in [-0.05, 0) is 40.5 Å². The molecule has 1 aromatic rings. The van der Waals surface area contributed by atoms with Crippen LogP contribution in [0.2, 0.25) is 5.02 Å². The summed E-state index contributed by atoms with van der Waals surface area (Å²) in [6.07, 6.45) is 7.85. The highest BCUT2D eigenvalue weighted by Gasteiger charge is 2.09. The van der Waals surface area contributed by atoms with Gasteiger partial charge in [0.1, 0.15) is 0 Å². The normalized spacial score (nSPS) is 10.6. The second-order valence-electron chi connectivity index (χ2n) is 4.57. The number of hydrogen-bond donors (Lipinski definition) is 0. The molecule has 0 bridgehead atoms. The van der Waals surface area contributed by atoms with Crippen LogP contribution in [0, 0.1) is 0 Å². The fraction of sp³-hybridized carbons (Fsp3) is 0.533. The molecule has 0 heterocycles. The van der Waals surface area contributed by atoms with Gasteiger partial charge in [0, 0.05) is 21.5 Å². The van der Waals surface area contributed by atoms with Gasteiger partial charge in [-0.25, -0.2) is 0 Å². The lowest BCUT2D eigenvalue weighted by molar-refractivity contribution is 0.0978. The van der Waals surface area contributed by atoms with E-state index in [1.165, 1.54) is 25.7 Å². The van der Waals surface area contributed by atoms with Crippen LogP contribution < -0.4 is 0 Å². The van der Waals surface area contributed by atoms with Crippen LogP contribution >= 0.6 is 27.5 Å². The average molecular weight is 332 g/mol. The Morgan fingerprint density at radius 2 is 1.83 bits per heavy atom. The highest BCUT2D eigenvalue weighted by atomic mass is 79.9. The first-order valence-corrected chi connectivity index (χ1v) is 7.80. The van der Waals surface area contributed by atoms with Crippen molar-refractivity contribution >= 4 is 33.3 Å². The average Bonchev–Trinajstić information content (AvgIpc) is 2.33. The van der Waals surface area contributed by atoms with Crippen LogP contribution in [0.4, 0.5) is 0 Å². The first-order chi connectivity index (χ1) is 8.65. The summed E-state index contributed by atoms with van der Waals surface area (Å²) >= 11 is 9.24. The molecule has 0 saturated carbocycles. The van der Waals surface area contributed by atoms with E-state index in [1.54, 1.807) is 18.2 Å². The van der Waals surface area contributed by atoms with Gasteiger partial charge in [-0.2, -0.15) is 0 Å². The summed E-state index contributed by atoms with van der Waals surface area (Å²) in [6, 6.07) is 5.34. The minimum atomic E-state index is 0.203. The fourth-order valence-electron chi connectivity index (χ4n) is 1.92. The van der Waals surface area contributed by atoms with E-state index in [4.69, 9.17) is 11.6 Å². The van der Waals surface area contributed by atoms with Gasteiger partial charge in [-0.1, -0.05) is 50.6 Å². The van der Waals surface area contributed by atoms with Crippen molar-refractivity contribution in [3.63, 3.8) is 0 Å². The summed E-state index contributed by atoms with van der Waals surface area (Å²) in [6.45, 7) is 2.21. The van der Waals surface area contributed by atoms with Crippen molar-refractivity contribution in [2.75, 3.05) is 0 Å². The number of ketones is 1. The third-order valence-corrected chi connectivity index (χ3v) is 3.88. The van der Waals surface area contributed by atoms with Gasteiger partial charge >= 0.3 is 0 Å². The van der Waals surface area contributed by atoms with Crippen molar-refractivity contribution in [1.82, 2.24) is 0 Å². The summed E-state index contributed by atoms with van der Waals surface area (Å²) in [7, 11) is 0. The molecule has 1 aromatic carbocycles. The van der Waals surface area contributed by atoms with Crippen molar-refractivity contribution in [2.24, 2.45) is 0 Å². The molecular formula is C15H20BrClO.